The predicted octanol–water partition coefficient (Wildman–Crippen LogP) is 3.14. The van der Waals surface area contributed by atoms with Crippen LogP contribution >= 0.6 is 15.9 Å². The molecule has 0 unspecified atom stereocenters. The first-order chi connectivity index (χ1) is 8.44. The number of rotatable bonds is 3. The number of hydrogen-bond acceptors (Lipinski definition) is 2. The van der Waals surface area contributed by atoms with Crippen molar-refractivity contribution in [1.82, 2.24) is 0 Å². The van der Waals surface area contributed by atoms with Gasteiger partial charge in [0, 0.05) is 12.0 Å². The summed E-state index contributed by atoms with van der Waals surface area (Å²) >= 11 is 2.95. The first-order valence-corrected chi connectivity index (χ1v) is 6.61. The van der Waals surface area contributed by atoms with E-state index in [-0.39, 0.29) is 10.0 Å². The fraction of sp³-hybridized carbons (Fsp3) is 0.462. The second-order valence-corrected chi connectivity index (χ2v) is 5.51. The van der Waals surface area contributed by atoms with Gasteiger partial charge in [-0.1, -0.05) is 0 Å². The second-order valence-electron chi connectivity index (χ2n) is 4.66. The van der Waals surface area contributed by atoms with Gasteiger partial charge in [-0.3, -0.25) is 4.79 Å². The smallest absolute Gasteiger partial charge is 0.168 e. The van der Waals surface area contributed by atoms with Crippen LogP contribution in [0.5, 0.6) is 0 Å². The summed E-state index contributed by atoms with van der Waals surface area (Å²) in [4.78, 5) is 12.0. The number of ketones is 1. The molecule has 1 aromatic carbocycles. The maximum absolute atomic E-state index is 13.7. The van der Waals surface area contributed by atoms with Gasteiger partial charge in [-0.05, 0) is 53.7 Å². The third-order valence-corrected chi connectivity index (χ3v) is 4.04. The molecule has 0 aliphatic heterocycles. The summed E-state index contributed by atoms with van der Waals surface area (Å²) in [6, 6.07) is 2.36. The first-order valence-electron chi connectivity index (χ1n) is 5.82. The topological polar surface area (TPSA) is 37.3 Å². The number of benzene rings is 1. The van der Waals surface area contributed by atoms with Crippen LogP contribution in [0.15, 0.2) is 16.6 Å². The van der Waals surface area contributed by atoms with Crippen molar-refractivity contribution in [3.05, 3.63) is 33.8 Å². The molecule has 18 heavy (non-hydrogen) atoms. The highest BCUT2D eigenvalue weighted by Crippen LogP contribution is 2.32. The van der Waals surface area contributed by atoms with E-state index < -0.39 is 29.4 Å². The van der Waals surface area contributed by atoms with Gasteiger partial charge in [-0.2, -0.15) is 0 Å². The van der Waals surface area contributed by atoms with Crippen molar-refractivity contribution in [2.75, 3.05) is 0 Å². The quantitative estimate of drug-likeness (QED) is 0.869. The zero-order valence-electron chi connectivity index (χ0n) is 9.68. The van der Waals surface area contributed by atoms with Crippen LogP contribution in [0.1, 0.15) is 31.2 Å². The van der Waals surface area contributed by atoms with Crippen LogP contribution in [-0.4, -0.2) is 16.5 Å². The normalized spacial score (nSPS) is 18.0. The fourth-order valence-corrected chi connectivity index (χ4v) is 2.67. The van der Waals surface area contributed by atoms with Gasteiger partial charge in [0.15, 0.2) is 5.78 Å². The van der Waals surface area contributed by atoms with E-state index in [1.54, 1.807) is 0 Å². The molecule has 2 rings (SSSR count). The molecule has 0 atom stereocenters. The average molecular weight is 319 g/mol. The third-order valence-electron chi connectivity index (χ3n) is 3.43. The van der Waals surface area contributed by atoms with Crippen molar-refractivity contribution in [3.63, 3.8) is 0 Å². The molecule has 5 heteroatoms. The molecule has 0 aromatic heterocycles. The fourth-order valence-electron chi connectivity index (χ4n) is 2.29. The summed E-state index contributed by atoms with van der Waals surface area (Å²) in [5, 5.41) is 10.1. The van der Waals surface area contributed by atoms with E-state index in [1.807, 2.05) is 0 Å². The Morgan fingerprint density at radius 1 is 1.33 bits per heavy atom. The van der Waals surface area contributed by atoms with Crippen LogP contribution in [-0.2, 0) is 11.2 Å². The second kappa shape index (κ2) is 5.05. The molecular formula is C13H13BrF2O2. The summed E-state index contributed by atoms with van der Waals surface area (Å²) in [6.45, 7) is 0. The molecule has 0 spiro atoms. The molecule has 98 valence electrons. The Hall–Kier alpha value is -0.810. The minimum atomic E-state index is -1.40. The summed E-state index contributed by atoms with van der Waals surface area (Å²) in [5.41, 5.74) is -1.68. The molecule has 2 nitrogen and oxygen atoms in total. The monoisotopic (exact) mass is 318 g/mol. The van der Waals surface area contributed by atoms with Crippen LogP contribution in [0, 0.1) is 11.6 Å². The zero-order valence-corrected chi connectivity index (χ0v) is 11.3. The van der Waals surface area contributed by atoms with Gasteiger partial charge in [0.05, 0.1) is 4.47 Å². The molecule has 1 fully saturated rings. The SMILES string of the molecule is O=C(Cc1c(F)ccc(Br)c1F)C1(O)CCCC1. The summed E-state index contributed by atoms with van der Waals surface area (Å²) in [6.07, 6.45) is 1.89. The standard InChI is InChI=1S/C13H13BrF2O2/c14-9-3-4-10(15)8(12(9)16)7-11(17)13(18)5-1-2-6-13/h3-4,18H,1-2,5-7H2. The number of halogens is 3. The maximum Gasteiger partial charge on any atom is 0.168 e. The highest BCUT2D eigenvalue weighted by atomic mass is 79.9. The van der Waals surface area contributed by atoms with E-state index in [9.17, 15) is 18.7 Å². The number of carbonyl (C=O) groups is 1. The highest BCUT2D eigenvalue weighted by Gasteiger charge is 2.38. The molecule has 0 bridgehead atoms. The van der Waals surface area contributed by atoms with Gasteiger partial charge in [0.25, 0.3) is 0 Å². The molecule has 1 aliphatic rings. The molecule has 0 amide bonds. The lowest BCUT2D eigenvalue weighted by atomic mass is 9.91. The zero-order chi connectivity index (χ0) is 13.3. The van der Waals surface area contributed by atoms with Crippen molar-refractivity contribution in [3.8, 4) is 0 Å². The number of aliphatic hydroxyl groups is 1. The number of Topliss-reactive ketones (excluding diaryl/α,β-unsaturated/α-hetero) is 1. The largest absolute Gasteiger partial charge is 0.382 e. The lowest BCUT2D eigenvalue weighted by Crippen LogP contribution is -2.36. The summed E-state index contributed by atoms with van der Waals surface area (Å²) < 4.78 is 27.3. The lowest BCUT2D eigenvalue weighted by Gasteiger charge is -2.20. The molecule has 1 aromatic rings. The van der Waals surface area contributed by atoms with Crippen LogP contribution in [0.25, 0.3) is 0 Å². The van der Waals surface area contributed by atoms with E-state index in [4.69, 9.17) is 0 Å². The van der Waals surface area contributed by atoms with Crippen molar-refractivity contribution < 1.29 is 18.7 Å². The van der Waals surface area contributed by atoms with Crippen LogP contribution in [0.3, 0.4) is 0 Å². The maximum atomic E-state index is 13.7. The van der Waals surface area contributed by atoms with Crippen molar-refractivity contribution >= 4 is 21.7 Å². The molecule has 1 saturated carbocycles. The lowest BCUT2D eigenvalue weighted by molar-refractivity contribution is -0.136. The Kier molecular flexibility index (Phi) is 3.82. The first kappa shape index (κ1) is 13.6. The predicted molar refractivity (Wildman–Crippen MR) is 66.2 cm³/mol. The highest BCUT2D eigenvalue weighted by molar-refractivity contribution is 9.10. The van der Waals surface area contributed by atoms with Gasteiger partial charge in [0.2, 0.25) is 0 Å². The van der Waals surface area contributed by atoms with Crippen LogP contribution in [0.4, 0.5) is 8.78 Å². The Labute approximate surface area is 112 Å². The summed E-state index contributed by atoms with van der Waals surface area (Å²) in [7, 11) is 0. The van der Waals surface area contributed by atoms with E-state index in [1.165, 1.54) is 6.07 Å². The third kappa shape index (κ3) is 2.47. The van der Waals surface area contributed by atoms with Gasteiger partial charge in [0.1, 0.15) is 17.2 Å². The molecule has 0 radical (unpaired) electrons. The van der Waals surface area contributed by atoms with E-state index in [0.29, 0.717) is 12.8 Å². The molecule has 0 saturated heterocycles. The van der Waals surface area contributed by atoms with Crippen molar-refractivity contribution in [2.45, 2.75) is 37.7 Å². The van der Waals surface area contributed by atoms with Crippen molar-refractivity contribution in [1.29, 1.82) is 0 Å². The average Bonchev–Trinajstić information content (AvgIpc) is 2.78. The van der Waals surface area contributed by atoms with Gasteiger partial charge in [-0.25, -0.2) is 8.78 Å². The Balaban J connectivity index is 2.24. The minimum absolute atomic E-state index is 0.116. The number of hydrogen-bond donors (Lipinski definition) is 1. The Bertz CT molecular complexity index is 482. The Morgan fingerprint density at radius 2 is 1.94 bits per heavy atom. The molecular weight excluding hydrogens is 306 g/mol. The molecule has 1 aliphatic carbocycles. The van der Waals surface area contributed by atoms with E-state index in [0.717, 1.165) is 18.9 Å². The van der Waals surface area contributed by atoms with Crippen molar-refractivity contribution in [2.24, 2.45) is 0 Å². The molecule has 1 N–H and O–H groups in total. The van der Waals surface area contributed by atoms with Gasteiger partial charge < -0.3 is 5.11 Å². The Morgan fingerprint density at radius 3 is 2.56 bits per heavy atom. The minimum Gasteiger partial charge on any atom is -0.382 e. The van der Waals surface area contributed by atoms with Gasteiger partial charge >= 0.3 is 0 Å². The van der Waals surface area contributed by atoms with E-state index in [2.05, 4.69) is 15.9 Å². The summed E-state index contributed by atoms with van der Waals surface area (Å²) in [5.74, 6) is -2.04. The van der Waals surface area contributed by atoms with Crippen LogP contribution < -0.4 is 0 Å². The molecule has 0 heterocycles. The number of carbonyl (C=O) groups excluding carboxylic acids is 1. The van der Waals surface area contributed by atoms with E-state index >= 15 is 0 Å². The van der Waals surface area contributed by atoms with Gasteiger partial charge in [-0.15, -0.1) is 0 Å². The van der Waals surface area contributed by atoms with Crippen LogP contribution in [0.2, 0.25) is 0 Å².